The van der Waals surface area contributed by atoms with E-state index in [9.17, 15) is 0 Å². The molecule has 1 atom stereocenters. The second-order valence-corrected chi connectivity index (χ2v) is 6.70. The highest BCUT2D eigenvalue weighted by molar-refractivity contribution is 6.67. The van der Waals surface area contributed by atoms with E-state index >= 15 is 0 Å². The second kappa shape index (κ2) is 6.81. The lowest BCUT2D eigenvalue weighted by Crippen LogP contribution is -2.14. The fourth-order valence-corrected chi connectivity index (χ4v) is 3.39. The van der Waals surface area contributed by atoms with Crippen molar-refractivity contribution in [1.82, 2.24) is 20.1 Å². The maximum Gasteiger partial charge on any atom is 0.271 e. The zero-order chi connectivity index (χ0) is 18.9. The van der Waals surface area contributed by atoms with Gasteiger partial charge in [-0.3, -0.25) is 0 Å². The molecule has 1 aromatic carbocycles. The van der Waals surface area contributed by atoms with Gasteiger partial charge in [-0.1, -0.05) is 11.5 Å². The fraction of sp³-hybridized carbons (Fsp3) is 0.211. The van der Waals surface area contributed by atoms with Crippen LogP contribution in [0.5, 0.6) is 17.5 Å². The average molecular weight is 371 g/mol. The van der Waals surface area contributed by atoms with Crippen LogP contribution in [0.3, 0.4) is 0 Å². The molecule has 4 aromatic rings. The van der Waals surface area contributed by atoms with E-state index in [0.717, 1.165) is 24.4 Å². The number of pyridine rings is 1. The van der Waals surface area contributed by atoms with Crippen molar-refractivity contribution in [2.75, 3.05) is 0 Å². The van der Waals surface area contributed by atoms with Gasteiger partial charge in [0.15, 0.2) is 11.1 Å². The molecule has 0 spiro atoms. The normalized spacial score (nSPS) is 16.4. The van der Waals surface area contributed by atoms with Crippen molar-refractivity contribution in [3.63, 3.8) is 0 Å². The molecule has 0 radical (unpaired) electrons. The third-order valence-corrected chi connectivity index (χ3v) is 4.82. The number of ether oxygens (including phenoxy) is 2. The van der Waals surface area contributed by atoms with Crippen LogP contribution in [0.25, 0.3) is 22.0 Å². The number of aromatic nitrogens is 4. The van der Waals surface area contributed by atoms with Gasteiger partial charge in [0.25, 0.3) is 6.71 Å². The van der Waals surface area contributed by atoms with Crippen LogP contribution in [0.1, 0.15) is 6.42 Å². The summed E-state index contributed by atoms with van der Waals surface area (Å²) in [5.41, 5.74) is 1.79. The lowest BCUT2D eigenvalue weighted by molar-refractivity contribution is 0.217. The molecule has 1 aliphatic rings. The van der Waals surface area contributed by atoms with Crippen LogP contribution >= 0.6 is 0 Å². The SMILES string of the molecule is N#CB1CCC(Oc2ccc3ncnc(Oc4ccc5cnoc5c4)c3n2)C1. The molecule has 5 rings (SSSR count). The minimum absolute atomic E-state index is 0.00235. The number of rotatable bonds is 4. The molecule has 1 saturated heterocycles. The standard InChI is InChI=1S/C19H14BN5O3/c21-10-20-6-5-14(8-20)26-17-4-3-15-18(25-17)19(23-11-22-15)27-13-2-1-12-9-24-28-16(12)7-13/h1-4,7,9,11,14H,5-6,8H2. The number of fused-ring (bicyclic) bond motifs is 2. The Morgan fingerprint density at radius 2 is 2.18 bits per heavy atom. The quantitative estimate of drug-likeness (QED) is 0.500. The predicted molar refractivity (Wildman–Crippen MR) is 101 cm³/mol. The molecule has 0 aliphatic carbocycles. The van der Waals surface area contributed by atoms with Gasteiger partial charge < -0.3 is 14.0 Å². The molecule has 1 fully saturated rings. The maximum atomic E-state index is 9.06. The van der Waals surface area contributed by atoms with Gasteiger partial charge in [-0.05, 0) is 30.9 Å². The first-order valence-electron chi connectivity index (χ1n) is 8.99. The summed E-state index contributed by atoms with van der Waals surface area (Å²) in [7, 11) is 0. The van der Waals surface area contributed by atoms with Crippen LogP contribution in [0.2, 0.25) is 12.6 Å². The Balaban J connectivity index is 1.44. The number of nitrogens with zero attached hydrogens (tertiary/aromatic N) is 5. The highest BCUT2D eigenvalue weighted by atomic mass is 16.5. The number of hydrogen-bond acceptors (Lipinski definition) is 8. The summed E-state index contributed by atoms with van der Waals surface area (Å²) in [6.07, 6.45) is 5.51. The number of nitriles is 1. The molecule has 1 unspecified atom stereocenters. The van der Waals surface area contributed by atoms with Crippen LogP contribution in [-0.2, 0) is 0 Å². The molecule has 28 heavy (non-hydrogen) atoms. The molecular formula is C19H14BN5O3. The minimum Gasteiger partial charge on any atom is -0.475 e. The lowest BCUT2D eigenvalue weighted by Gasteiger charge is -2.13. The van der Waals surface area contributed by atoms with Crippen LogP contribution < -0.4 is 9.47 Å². The van der Waals surface area contributed by atoms with E-state index in [-0.39, 0.29) is 12.8 Å². The van der Waals surface area contributed by atoms with Crippen molar-refractivity contribution in [2.45, 2.75) is 25.2 Å². The first kappa shape index (κ1) is 16.5. The number of hydrogen-bond donors (Lipinski definition) is 0. The van der Waals surface area contributed by atoms with Crippen LogP contribution in [-0.4, -0.2) is 32.9 Å². The second-order valence-electron chi connectivity index (χ2n) is 6.70. The molecule has 4 heterocycles. The Labute approximate surface area is 160 Å². The van der Waals surface area contributed by atoms with Gasteiger partial charge in [-0.15, -0.1) is 0 Å². The molecule has 136 valence electrons. The highest BCUT2D eigenvalue weighted by Crippen LogP contribution is 2.30. The van der Waals surface area contributed by atoms with E-state index in [0.29, 0.717) is 34.1 Å². The monoisotopic (exact) mass is 371 g/mol. The lowest BCUT2D eigenvalue weighted by atomic mass is 9.50. The van der Waals surface area contributed by atoms with Crippen molar-refractivity contribution < 1.29 is 14.0 Å². The van der Waals surface area contributed by atoms with Gasteiger partial charge in [-0.2, -0.15) is 4.98 Å². The Morgan fingerprint density at radius 3 is 3.07 bits per heavy atom. The molecule has 0 amide bonds. The highest BCUT2D eigenvalue weighted by Gasteiger charge is 2.29. The Kier molecular flexibility index (Phi) is 4.02. The zero-order valence-electron chi connectivity index (χ0n) is 14.8. The van der Waals surface area contributed by atoms with Gasteiger partial charge in [-0.25, -0.2) is 15.2 Å². The molecular weight excluding hydrogens is 357 g/mol. The minimum atomic E-state index is -0.00235. The van der Waals surface area contributed by atoms with E-state index in [1.54, 1.807) is 18.3 Å². The van der Waals surface area contributed by atoms with E-state index in [1.165, 1.54) is 6.33 Å². The van der Waals surface area contributed by atoms with Crippen molar-refractivity contribution in [1.29, 1.82) is 5.26 Å². The molecule has 9 heteroatoms. The molecule has 1 aliphatic heterocycles. The van der Waals surface area contributed by atoms with Crippen LogP contribution in [0.15, 0.2) is 47.4 Å². The number of benzene rings is 1. The van der Waals surface area contributed by atoms with Crippen molar-refractivity contribution in [3.05, 3.63) is 42.9 Å². The first-order chi connectivity index (χ1) is 13.8. The maximum absolute atomic E-state index is 9.06. The van der Waals surface area contributed by atoms with Crippen LogP contribution in [0, 0.1) is 11.2 Å². The molecule has 0 bridgehead atoms. The smallest absolute Gasteiger partial charge is 0.271 e. The fourth-order valence-electron chi connectivity index (χ4n) is 3.39. The van der Waals surface area contributed by atoms with Crippen molar-refractivity contribution >= 4 is 28.7 Å². The summed E-state index contributed by atoms with van der Waals surface area (Å²) >= 11 is 0. The summed E-state index contributed by atoms with van der Waals surface area (Å²) < 4.78 is 17.1. The predicted octanol–water partition coefficient (Wildman–Crippen LogP) is 3.67. The van der Waals surface area contributed by atoms with E-state index in [1.807, 2.05) is 18.2 Å². The Hall–Kier alpha value is -3.67. The average Bonchev–Trinajstić information content (AvgIpc) is 3.37. The Bertz CT molecular complexity index is 1210. The van der Waals surface area contributed by atoms with Crippen LogP contribution in [0.4, 0.5) is 0 Å². The summed E-state index contributed by atoms with van der Waals surface area (Å²) in [5.74, 6) is 3.67. The molecule has 3 aromatic heterocycles. The third kappa shape index (κ3) is 3.09. The molecule has 0 N–H and O–H groups in total. The van der Waals surface area contributed by atoms with Gasteiger partial charge in [0.1, 0.15) is 12.1 Å². The molecule has 8 nitrogen and oxygen atoms in total. The van der Waals surface area contributed by atoms with Gasteiger partial charge >= 0.3 is 0 Å². The van der Waals surface area contributed by atoms with E-state index < -0.39 is 0 Å². The van der Waals surface area contributed by atoms with E-state index in [2.05, 4.69) is 26.1 Å². The summed E-state index contributed by atoms with van der Waals surface area (Å²) in [5, 5.41) is 13.7. The van der Waals surface area contributed by atoms with Gasteiger partial charge in [0, 0.05) is 23.5 Å². The largest absolute Gasteiger partial charge is 0.475 e. The zero-order valence-corrected chi connectivity index (χ0v) is 14.8. The van der Waals surface area contributed by atoms with Crippen molar-refractivity contribution in [2.24, 2.45) is 0 Å². The third-order valence-electron chi connectivity index (χ3n) is 4.82. The van der Waals surface area contributed by atoms with Crippen molar-refractivity contribution in [3.8, 4) is 23.5 Å². The van der Waals surface area contributed by atoms with E-state index in [4.69, 9.17) is 19.3 Å². The Morgan fingerprint density at radius 1 is 1.21 bits per heavy atom. The summed E-state index contributed by atoms with van der Waals surface area (Å²) in [4.78, 5) is 13.0. The van der Waals surface area contributed by atoms with Gasteiger partial charge in [0.2, 0.25) is 11.8 Å². The first-order valence-corrected chi connectivity index (χ1v) is 8.99. The van der Waals surface area contributed by atoms with Gasteiger partial charge in [0.05, 0.1) is 17.8 Å². The molecule has 0 saturated carbocycles. The topological polar surface area (TPSA) is 107 Å². The summed E-state index contributed by atoms with van der Waals surface area (Å²) in [6, 6.07) is 9.02. The summed E-state index contributed by atoms with van der Waals surface area (Å²) in [6.45, 7) is 0.0543.